The smallest absolute Gasteiger partial charge is 0.338 e. The van der Waals surface area contributed by atoms with Gasteiger partial charge in [-0.05, 0) is 62.1 Å². The third-order valence-electron chi connectivity index (χ3n) is 5.54. The van der Waals surface area contributed by atoms with Crippen molar-refractivity contribution in [3.05, 3.63) is 65.2 Å². The van der Waals surface area contributed by atoms with Gasteiger partial charge in [0.1, 0.15) is 5.54 Å². The maximum Gasteiger partial charge on any atom is 0.338 e. The molecule has 8 heteroatoms. The Balaban J connectivity index is 1.38. The van der Waals surface area contributed by atoms with Crippen molar-refractivity contribution in [3.63, 3.8) is 0 Å². The van der Waals surface area contributed by atoms with Crippen LogP contribution in [0.1, 0.15) is 56.8 Å². The van der Waals surface area contributed by atoms with E-state index >= 15 is 0 Å². The zero-order valence-corrected chi connectivity index (χ0v) is 16.6. The molecule has 0 spiro atoms. The van der Waals surface area contributed by atoms with Crippen molar-refractivity contribution in [1.29, 1.82) is 5.26 Å². The Hall–Kier alpha value is -3.99. The molecule has 8 nitrogen and oxygen atoms in total. The second kappa shape index (κ2) is 8.03. The number of benzene rings is 2. The fourth-order valence-electron chi connectivity index (χ4n) is 3.93. The first-order chi connectivity index (χ1) is 14.9. The lowest BCUT2D eigenvalue weighted by molar-refractivity contribution is -0.125. The number of rotatable bonds is 5. The third-order valence-corrected chi connectivity index (χ3v) is 5.54. The van der Waals surface area contributed by atoms with E-state index in [1.165, 1.54) is 24.3 Å². The summed E-state index contributed by atoms with van der Waals surface area (Å²) in [6.45, 7) is -0.498. The van der Waals surface area contributed by atoms with Gasteiger partial charge in [-0.15, -0.1) is 0 Å². The Labute approximate surface area is 178 Å². The van der Waals surface area contributed by atoms with Crippen molar-refractivity contribution in [2.45, 2.75) is 31.2 Å². The number of hydrogen-bond acceptors (Lipinski definition) is 6. The molecule has 156 valence electrons. The molecule has 31 heavy (non-hydrogen) atoms. The van der Waals surface area contributed by atoms with E-state index in [4.69, 9.17) is 4.74 Å². The van der Waals surface area contributed by atoms with Crippen LogP contribution in [0.15, 0.2) is 48.5 Å². The highest BCUT2D eigenvalue weighted by atomic mass is 16.5. The lowest BCUT2D eigenvalue weighted by atomic mass is 10.00. The van der Waals surface area contributed by atoms with Gasteiger partial charge in [0.2, 0.25) is 0 Å². The van der Waals surface area contributed by atoms with Gasteiger partial charge >= 0.3 is 5.97 Å². The quantitative estimate of drug-likeness (QED) is 0.590. The van der Waals surface area contributed by atoms with Crippen molar-refractivity contribution in [2.75, 3.05) is 11.5 Å². The zero-order chi connectivity index (χ0) is 22.0. The molecular formula is C23H19N3O5. The molecule has 0 bridgehead atoms. The van der Waals surface area contributed by atoms with E-state index in [0.29, 0.717) is 29.7 Å². The fourth-order valence-corrected chi connectivity index (χ4v) is 3.93. The monoisotopic (exact) mass is 417 g/mol. The lowest BCUT2D eigenvalue weighted by Crippen LogP contribution is -2.46. The number of esters is 1. The van der Waals surface area contributed by atoms with E-state index in [1.54, 1.807) is 24.3 Å². The first-order valence-electron chi connectivity index (χ1n) is 9.91. The van der Waals surface area contributed by atoms with E-state index in [2.05, 4.69) is 11.4 Å². The Kier molecular flexibility index (Phi) is 5.26. The number of hydrogen-bond donors (Lipinski definition) is 1. The largest absolute Gasteiger partial charge is 0.452 e. The third kappa shape index (κ3) is 3.78. The normalized spacial score (nSPS) is 16.5. The Bertz CT molecular complexity index is 1080. The van der Waals surface area contributed by atoms with Gasteiger partial charge in [-0.2, -0.15) is 5.26 Å². The average molecular weight is 417 g/mol. The Morgan fingerprint density at radius 2 is 1.58 bits per heavy atom. The van der Waals surface area contributed by atoms with Crippen molar-refractivity contribution >= 4 is 29.4 Å². The molecule has 1 heterocycles. The van der Waals surface area contributed by atoms with Crippen molar-refractivity contribution in [2.24, 2.45) is 0 Å². The molecule has 2 aliphatic rings. The number of ether oxygens (including phenoxy) is 1. The maximum absolute atomic E-state index is 12.5. The first kappa shape index (κ1) is 20.3. The zero-order valence-electron chi connectivity index (χ0n) is 16.6. The minimum atomic E-state index is -0.877. The van der Waals surface area contributed by atoms with Gasteiger partial charge in [0.05, 0.1) is 28.4 Å². The van der Waals surface area contributed by atoms with Crippen molar-refractivity contribution in [1.82, 2.24) is 5.32 Å². The van der Waals surface area contributed by atoms with Crippen LogP contribution in [0.5, 0.6) is 0 Å². The molecule has 1 saturated carbocycles. The molecule has 0 unspecified atom stereocenters. The number of imide groups is 1. The summed E-state index contributed by atoms with van der Waals surface area (Å²) in [5.41, 5.74) is 0.290. The molecular weight excluding hydrogens is 398 g/mol. The van der Waals surface area contributed by atoms with E-state index in [-0.39, 0.29) is 5.56 Å². The average Bonchev–Trinajstić information content (AvgIpc) is 3.36. The van der Waals surface area contributed by atoms with Crippen LogP contribution in [0.3, 0.4) is 0 Å². The van der Waals surface area contributed by atoms with E-state index < -0.39 is 35.8 Å². The van der Waals surface area contributed by atoms with Gasteiger partial charge in [0, 0.05) is 0 Å². The van der Waals surface area contributed by atoms with Gasteiger partial charge in [0.25, 0.3) is 17.7 Å². The second-order valence-corrected chi connectivity index (χ2v) is 7.56. The summed E-state index contributed by atoms with van der Waals surface area (Å²) in [5, 5.41) is 12.0. The van der Waals surface area contributed by atoms with Crippen molar-refractivity contribution < 1.29 is 23.9 Å². The number of anilines is 1. The first-order valence-corrected chi connectivity index (χ1v) is 9.91. The highest BCUT2D eigenvalue weighted by molar-refractivity contribution is 6.34. The summed E-state index contributed by atoms with van der Waals surface area (Å²) >= 11 is 0. The molecule has 2 aromatic rings. The summed E-state index contributed by atoms with van der Waals surface area (Å²) in [5.74, 6) is -2.10. The number of amides is 3. The predicted octanol–water partition coefficient (Wildman–Crippen LogP) is 2.60. The number of nitrogens with zero attached hydrogens (tertiary/aromatic N) is 2. The van der Waals surface area contributed by atoms with Gasteiger partial charge < -0.3 is 10.1 Å². The number of carbonyl (C=O) groups is 4. The van der Waals surface area contributed by atoms with Gasteiger partial charge in [-0.25, -0.2) is 9.69 Å². The van der Waals surface area contributed by atoms with Crippen LogP contribution in [0.2, 0.25) is 0 Å². The molecule has 1 fully saturated rings. The molecule has 2 aromatic carbocycles. The summed E-state index contributed by atoms with van der Waals surface area (Å²) in [6, 6.07) is 14.5. The minimum absolute atomic E-state index is 0.170. The summed E-state index contributed by atoms with van der Waals surface area (Å²) in [6.07, 6.45) is 2.91. The lowest BCUT2D eigenvalue weighted by Gasteiger charge is -2.21. The summed E-state index contributed by atoms with van der Waals surface area (Å²) < 4.78 is 5.04. The van der Waals surface area contributed by atoms with E-state index in [0.717, 1.165) is 17.7 Å². The van der Waals surface area contributed by atoms with Crippen LogP contribution in [0.4, 0.5) is 5.69 Å². The number of fused-ring (bicyclic) bond motifs is 1. The molecule has 0 atom stereocenters. The number of nitriles is 1. The minimum Gasteiger partial charge on any atom is -0.452 e. The maximum atomic E-state index is 12.5. The molecule has 1 aliphatic heterocycles. The van der Waals surface area contributed by atoms with Crippen LogP contribution in [-0.2, 0) is 9.53 Å². The predicted molar refractivity (Wildman–Crippen MR) is 109 cm³/mol. The topological polar surface area (TPSA) is 117 Å². The molecule has 3 amide bonds. The van der Waals surface area contributed by atoms with Crippen molar-refractivity contribution in [3.8, 4) is 6.07 Å². The summed E-state index contributed by atoms with van der Waals surface area (Å²) in [4.78, 5) is 50.5. The second-order valence-electron chi connectivity index (χ2n) is 7.56. The Morgan fingerprint density at radius 1 is 1.00 bits per heavy atom. The van der Waals surface area contributed by atoms with E-state index in [1.807, 2.05) is 0 Å². The highest BCUT2D eigenvalue weighted by Gasteiger charge is 2.37. The molecule has 0 aromatic heterocycles. The van der Waals surface area contributed by atoms with Gasteiger partial charge in [-0.3, -0.25) is 14.4 Å². The molecule has 1 aliphatic carbocycles. The van der Waals surface area contributed by atoms with Gasteiger partial charge in [0.15, 0.2) is 6.61 Å². The van der Waals surface area contributed by atoms with Gasteiger partial charge in [-0.1, -0.05) is 12.1 Å². The molecule has 0 saturated heterocycles. The standard InChI is InChI=1S/C23H19N3O5/c24-14-23(11-3-4-12-23)25-19(27)13-31-22(30)15-7-9-16(10-8-15)26-20(28)17-5-1-2-6-18(17)21(26)29/h1-2,5-10H,3-4,11-13H2,(H,25,27). The van der Waals surface area contributed by atoms with E-state index in [9.17, 15) is 24.4 Å². The van der Waals surface area contributed by atoms with Crippen LogP contribution < -0.4 is 10.2 Å². The number of nitrogens with one attached hydrogen (secondary N) is 1. The van der Waals surface area contributed by atoms with Crippen LogP contribution in [-0.4, -0.2) is 35.8 Å². The highest BCUT2D eigenvalue weighted by Crippen LogP contribution is 2.29. The van der Waals surface area contributed by atoms with Crippen LogP contribution >= 0.6 is 0 Å². The summed E-state index contributed by atoms with van der Waals surface area (Å²) in [7, 11) is 0. The fraction of sp³-hybridized carbons (Fsp3) is 0.261. The molecule has 0 radical (unpaired) electrons. The van der Waals surface area contributed by atoms with Crippen LogP contribution in [0, 0.1) is 11.3 Å². The van der Waals surface area contributed by atoms with Crippen LogP contribution in [0.25, 0.3) is 0 Å². The molecule has 4 rings (SSSR count). The Morgan fingerprint density at radius 3 is 2.13 bits per heavy atom. The number of carbonyl (C=O) groups excluding carboxylic acids is 4. The SMILES string of the molecule is N#CC1(NC(=O)COC(=O)c2ccc(N3C(=O)c4ccccc4C3=O)cc2)CCCC1. The molecule has 1 N–H and O–H groups in total.